The number of hydrogen-bond acceptors (Lipinski definition) is 3. The van der Waals surface area contributed by atoms with Crippen LogP contribution < -0.4 is 4.72 Å². The molecule has 0 bridgehead atoms. The molecular weight excluding hydrogens is 214 g/mol. The Bertz CT molecular complexity index is 532. The average Bonchev–Trinajstić information content (AvgIpc) is 2.16. The zero-order valence-electron chi connectivity index (χ0n) is 8.01. The lowest BCUT2D eigenvalue weighted by atomic mass is 10.1. The van der Waals surface area contributed by atoms with Gasteiger partial charge in [0.15, 0.2) is 0 Å². The second-order valence-corrected chi connectivity index (χ2v) is 4.46. The molecule has 0 fully saturated rings. The van der Waals surface area contributed by atoms with Gasteiger partial charge in [0.1, 0.15) is 0 Å². The summed E-state index contributed by atoms with van der Waals surface area (Å²) in [5.74, 6) is 0. The Morgan fingerprint density at radius 2 is 2.20 bits per heavy atom. The predicted molar refractivity (Wildman–Crippen MR) is 56.6 cm³/mol. The number of hydrogen-bond donors (Lipinski definition) is 1. The van der Waals surface area contributed by atoms with Gasteiger partial charge in [-0.05, 0) is 25.1 Å². The minimum absolute atomic E-state index is 0.402. The van der Waals surface area contributed by atoms with Crippen molar-refractivity contribution in [1.82, 2.24) is 9.71 Å². The molecule has 0 radical (unpaired) electrons. The summed E-state index contributed by atoms with van der Waals surface area (Å²) < 4.78 is 28.4. The monoisotopic (exact) mass is 223 g/mol. The molecule has 0 amide bonds. The molecule has 0 spiro atoms. The summed E-state index contributed by atoms with van der Waals surface area (Å²) in [4.78, 5) is 3.91. The van der Waals surface area contributed by atoms with Crippen molar-refractivity contribution in [3.8, 4) is 0 Å². The molecule has 5 nitrogen and oxygen atoms in total. The Morgan fingerprint density at radius 1 is 1.40 bits per heavy atom. The number of nitrogens with zero attached hydrogens (tertiary/aromatic N) is 2. The maximum Gasteiger partial charge on any atom is 0.342 e. The van der Waals surface area contributed by atoms with Crippen LogP contribution >= 0.6 is 0 Å². The summed E-state index contributed by atoms with van der Waals surface area (Å²) in [6.07, 6.45) is 4.86. The minimum atomic E-state index is -3.59. The number of rotatable bonds is 1. The first-order chi connectivity index (χ1) is 7.07. The van der Waals surface area contributed by atoms with E-state index in [-0.39, 0.29) is 0 Å². The van der Waals surface area contributed by atoms with Crippen LogP contribution in [0.15, 0.2) is 40.7 Å². The number of pyridine rings is 1. The Balaban J connectivity index is 2.51. The van der Waals surface area contributed by atoms with Crippen molar-refractivity contribution in [3.63, 3.8) is 0 Å². The van der Waals surface area contributed by atoms with Gasteiger partial charge in [0.2, 0.25) is 0 Å². The van der Waals surface area contributed by atoms with E-state index >= 15 is 0 Å². The van der Waals surface area contributed by atoms with Crippen LogP contribution in [0.25, 0.3) is 0 Å². The van der Waals surface area contributed by atoms with Crippen molar-refractivity contribution in [1.29, 1.82) is 0 Å². The van der Waals surface area contributed by atoms with Gasteiger partial charge in [-0.3, -0.25) is 9.71 Å². The summed E-state index contributed by atoms with van der Waals surface area (Å²) in [6, 6.07) is 3.49. The highest BCUT2D eigenvalue weighted by Crippen LogP contribution is 2.09. The second-order valence-electron chi connectivity index (χ2n) is 3.12. The fourth-order valence-corrected chi connectivity index (χ4v) is 2.20. The van der Waals surface area contributed by atoms with E-state index in [1.54, 1.807) is 37.5 Å². The number of aromatic nitrogens is 1. The lowest BCUT2D eigenvalue weighted by Gasteiger charge is -2.11. The number of nitrogens with one attached hydrogen (secondary N) is 1. The van der Waals surface area contributed by atoms with Gasteiger partial charge >= 0.3 is 10.2 Å². The van der Waals surface area contributed by atoms with Crippen LogP contribution in [-0.4, -0.2) is 19.1 Å². The Labute approximate surface area is 87.8 Å². The molecule has 0 aromatic carbocycles. The van der Waals surface area contributed by atoms with Crippen molar-refractivity contribution in [3.05, 3.63) is 41.9 Å². The van der Waals surface area contributed by atoms with Crippen LogP contribution in [-0.2, 0) is 10.2 Å². The summed E-state index contributed by atoms with van der Waals surface area (Å²) >= 11 is 0. The van der Waals surface area contributed by atoms with Crippen LogP contribution in [0.4, 0.5) is 0 Å². The quantitative estimate of drug-likeness (QED) is 0.758. The lowest BCUT2D eigenvalue weighted by Crippen LogP contribution is -2.25. The first-order valence-electron chi connectivity index (χ1n) is 4.28. The molecule has 0 saturated heterocycles. The van der Waals surface area contributed by atoms with Gasteiger partial charge in [-0.15, -0.1) is 4.40 Å². The van der Waals surface area contributed by atoms with Gasteiger partial charge in [0.05, 0.1) is 5.71 Å². The molecule has 0 atom stereocenters. The molecule has 1 aromatic heterocycles. The third-order valence-electron chi connectivity index (χ3n) is 1.82. The molecule has 2 heterocycles. The standard InChI is InChI=1S/C9H9N3O2S/c1-7-5-9(12-15(13,14)11-7)8-3-2-4-10-6-8/h2-6,11H,1H3. The molecule has 0 aliphatic carbocycles. The third kappa shape index (κ3) is 2.21. The Morgan fingerprint density at radius 3 is 2.80 bits per heavy atom. The Hall–Kier alpha value is -1.69. The fourth-order valence-electron chi connectivity index (χ4n) is 1.27. The zero-order chi connectivity index (χ0) is 10.9. The van der Waals surface area contributed by atoms with E-state index in [2.05, 4.69) is 14.1 Å². The molecule has 1 N–H and O–H groups in total. The molecular formula is C9H9N3O2S. The maximum absolute atomic E-state index is 11.3. The third-order valence-corrected chi connectivity index (χ3v) is 2.84. The molecule has 15 heavy (non-hydrogen) atoms. The van der Waals surface area contributed by atoms with Gasteiger partial charge in [0, 0.05) is 23.7 Å². The molecule has 2 rings (SSSR count). The molecule has 6 heteroatoms. The van der Waals surface area contributed by atoms with E-state index in [9.17, 15) is 8.42 Å². The first kappa shape index (κ1) is 9.85. The zero-order valence-corrected chi connectivity index (χ0v) is 8.82. The normalized spacial score (nSPS) is 18.7. The van der Waals surface area contributed by atoms with Crippen molar-refractivity contribution in [2.24, 2.45) is 4.40 Å². The summed E-state index contributed by atoms with van der Waals surface area (Å²) in [5.41, 5.74) is 1.63. The van der Waals surface area contributed by atoms with E-state index < -0.39 is 10.2 Å². The largest absolute Gasteiger partial charge is 0.342 e. The van der Waals surface area contributed by atoms with Gasteiger partial charge < -0.3 is 0 Å². The molecule has 1 aromatic rings. The van der Waals surface area contributed by atoms with Crippen molar-refractivity contribution in [2.75, 3.05) is 0 Å². The highest BCUT2D eigenvalue weighted by Gasteiger charge is 2.16. The van der Waals surface area contributed by atoms with Gasteiger partial charge in [0.25, 0.3) is 0 Å². The van der Waals surface area contributed by atoms with Crippen LogP contribution in [0, 0.1) is 0 Å². The van der Waals surface area contributed by atoms with E-state index in [1.165, 1.54) is 0 Å². The number of allylic oxidation sites excluding steroid dienone is 2. The second kappa shape index (κ2) is 3.47. The summed E-state index contributed by atoms with van der Waals surface area (Å²) in [7, 11) is -3.59. The minimum Gasteiger partial charge on any atom is -0.269 e. The van der Waals surface area contributed by atoms with E-state index in [1.807, 2.05) is 0 Å². The maximum atomic E-state index is 11.3. The highest BCUT2D eigenvalue weighted by molar-refractivity contribution is 7.88. The van der Waals surface area contributed by atoms with Crippen molar-refractivity contribution < 1.29 is 8.42 Å². The smallest absolute Gasteiger partial charge is 0.269 e. The Kier molecular flexibility index (Phi) is 2.28. The summed E-state index contributed by atoms with van der Waals surface area (Å²) in [6.45, 7) is 1.67. The molecule has 1 aliphatic heterocycles. The SMILES string of the molecule is CC1=CC(c2cccnc2)=NS(=O)(=O)N1. The molecule has 1 aliphatic rings. The van der Waals surface area contributed by atoms with Crippen LogP contribution in [0.2, 0.25) is 0 Å². The summed E-state index contributed by atoms with van der Waals surface area (Å²) in [5, 5.41) is 0. The van der Waals surface area contributed by atoms with Crippen LogP contribution in [0.3, 0.4) is 0 Å². The molecule has 0 saturated carbocycles. The topological polar surface area (TPSA) is 71.4 Å². The van der Waals surface area contributed by atoms with Gasteiger partial charge in [-0.25, -0.2) is 0 Å². The lowest BCUT2D eigenvalue weighted by molar-refractivity contribution is 0.590. The van der Waals surface area contributed by atoms with E-state index in [4.69, 9.17) is 0 Å². The fraction of sp³-hybridized carbons (Fsp3) is 0.111. The first-order valence-corrected chi connectivity index (χ1v) is 5.72. The molecule has 0 unspecified atom stereocenters. The van der Waals surface area contributed by atoms with Gasteiger partial charge in [-0.1, -0.05) is 0 Å². The highest BCUT2D eigenvalue weighted by atomic mass is 32.2. The average molecular weight is 223 g/mol. The van der Waals surface area contributed by atoms with E-state index in [0.29, 0.717) is 17.0 Å². The van der Waals surface area contributed by atoms with Crippen molar-refractivity contribution >= 4 is 15.9 Å². The van der Waals surface area contributed by atoms with E-state index in [0.717, 1.165) is 0 Å². The van der Waals surface area contributed by atoms with Crippen LogP contribution in [0.1, 0.15) is 12.5 Å². The molecule has 78 valence electrons. The predicted octanol–water partition coefficient (Wildman–Crippen LogP) is 0.623. The van der Waals surface area contributed by atoms with Crippen molar-refractivity contribution in [2.45, 2.75) is 6.92 Å². The van der Waals surface area contributed by atoms with Gasteiger partial charge in [-0.2, -0.15) is 8.42 Å². The van der Waals surface area contributed by atoms with Crippen LogP contribution in [0.5, 0.6) is 0 Å².